The molecular weight excluding hydrogens is 306 g/mol. The molecule has 3 unspecified atom stereocenters. The van der Waals surface area contributed by atoms with Gasteiger partial charge in [-0.15, -0.1) is 0 Å². The Kier molecular flexibility index (Phi) is 2.90. The first-order valence-electron chi connectivity index (χ1n) is 10.5. The summed E-state index contributed by atoms with van der Waals surface area (Å²) < 4.78 is 0. The van der Waals surface area contributed by atoms with Crippen LogP contribution in [0.15, 0.2) is 24.3 Å². The van der Waals surface area contributed by atoms with Crippen molar-refractivity contribution >= 4 is 5.91 Å². The minimum Gasteiger partial charge on any atom is -0.339 e. The van der Waals surface area contributed by atoms with Crippen LogP contribution in [0.1, 0.15) is 50.2 Å². The van der Waals surface area contributed by atoms with E-state index in [1.165, 1.54) is 43.2 Å². The summed E-state index contributed by atoms with van der Waals surface area (Å²) in [6, 6.07) is 9.39. The molecule has 2 nitrogen and oxygen atoms in total. The monoisotopic (exact) mass is 335 g/mol. The Morgan fingerprint density at radius 3 is 2.32 bits per heavy atom. The van der Waals surface area contributed by atoms with E-state index in [4.69, 9.17) is 0 Å². The maximum absolute atomic E-state index is 13.4. The molecule has 2 heteroatoms. The highest BCUT2D eigenvalue weighted by molar-refractivity contribution is 5.82. The van der Waals surface area contributed by atoms with Crippen molar-refractivity contribution in [2.24, 2.45) is 35.0 Å². The number of hydrogen-bond acceptors (Lipinski definition) is 1. The van der Waals surface area contributed by atoms with Crippen molar-refractivity contribution < 1.29 is 4.79 Å². The summed E-state index contributed by atoms with van der Waals surface area (Å²) in [7, 11) is 0. The Labute approximate surface area is 151 Å². The molecule has 5 fully saturated rings. The second kappa shape index (κ2) is 4.90. The molecule has 1 amide bonds. The molecule has 6 aliphatic rings. The Morgan fingerprint density at radius 1 is 0.960 bits per heavy atom. The summed E-state index contributed by atoms with van der Waals surface area (Å²) in [5, 5.41) is 0. The first kappa shape index (κ1) is 14.8. The number of rotatable bonds is 1. The van der Waals surface area contributed by atoms with Crippen molar-refractivity contribution in [3.8, 4) is 0 Å². The lowest BCUT2D eigenvalue weighted by Crippen LogP contribution is -2.59. The van der Waals surface area contributed by atoms with Crippen LogP contribution in [0.25, 0.3) is 0 Å². The molecular formula is C23H29NO. The van der Waals surface area contributed by atoms with Crippen molar-refractivity contribution in [3.63, 3.8) is 0 Å². The fraction of sp³-hybridized carbons (Fsp3) is 0.696. The number of fused-ring (bicyclic) bond motifs is 2. The molecule has 7 rings (SSSR count). The van der Waals surface area contributed by atoms with Gasteiger partial charge in [-0.2, -0.15) is 0 Å². The molecule has 4 bridgehead atoms. The first-order valence-corrected chi connectivity index (χ1v) is 10.5. The summed E-state index contributed by atoms with van der Waals surface area (Å²) in [5.41, 5.74) is 3.52. The van der Waals surface area contributed by atoms with Gasteiger partial charge in [-0.25, -0.2) is 0 Å². The van der Waals surface area contributed by atoms with Crippen molar-refractivity contribution in [2.45, 2.75) is 57.9 Å². The van der Waals surface area contributed by atoms with Gasteiger partial charge in [0.2, 0.25) is 5.91 Å². The van der Waals surface area contributed by atoms with Crippen LogP contribution in [0.2, 0.25) is 0 Å². The zero-order valence-corrected chi connectivity index (χ0v) is 15.3. The van der Waals surface area contributed by atoms with Crippen LogP contribution >= 0.6 is 0 Å². The SMILES string of the molecule is CC12CC3C[C@H](C1)C(N1C[C@@H]4Cc5ccccc5C[C@@H]4C1=O)[C@@H](C3)C2. The summed E-state index contributed by atoms with van der Waals surface area (Å²) in [6.45, 7) is 3.56. The minimum atomic E-state index is 0.266. The Hall–Kier alpha value is -1.31. The fourth-order valence-electron chi connectivity index (χ4n) is 8.00. The second-order valence-electron chi connectivity index (χ2n) is 10.3. The van der Waals surface area contributed by atoms with Crippen molar-refractivity contribution in [3.05, 3.63) is 35.4 Å². The van der Waals surface area contributed by atoms with Crippen LogP contribution in [0.4, 0.5) is 0 Å². The molecule has 5 aliphatic carbocycles. The van der Waals surface area contributed by atoms with Gasteiger partial charge in [0, 0.05) is 18.5 Å². The number of benzene rings is 1. The van der Waals surface area contributed by atoms with E-state index in [-0.39, 0.29) is 5.92 Å². The molecule has 0 N–H and O–H groups in total. The average molecular weight is 335 g/mol. The maximum atomic E-state index is 13.4. The van der Waals surface area contributed by atoms with Gasteiger partial charge < -0.3 is 4.90 Å². The van der Waals surface area contributed by atoms with Gasteiger partial charge in [-0.3, -0.25) is 4.79 Å². The molecule has 0 spiro atoms. The maximum Gasteiger partial charge on any atom is 0.226 e. The second-order valence-corrected chi connectivity index (χ2v) is 10.3. The zero-order chi connectivity index (χ0) is 16.8. The lowest BCUT2D eigenvalue weighted by molar-refractivity contribution is -0.147. The van der Waals surface area contributed by atoms with Crippen LogP contribution in [0.3, 0.4) is 0 Å². The van der Waals surface area contributed by atoms with Crippen LogP contribution < -0.4 is 0 Å². The molecule has 1 saturated heterocycles. The van der Waals surface area contributed by atoms with Crippen molar-refractivity contribution in [1.29, 1.82) is 0 Å². The molecule has 4 saturated carbocycles. The standard InChI is InChI=1S/C23H29NO/c1-23-10-14-6-17(11-23)21(18(7-14)12-23)24-13-19-8-15-4-2-3-5-16(15)9-20(19)22(24)25/h2-5,14,17-21H,6-13H2,1H3/t14?,17-,18+,19-,20-,21?,23?/m0/s1. The molecule has 0 aromatic heterocycles. The van der Waals surface area contributed by atoms with E-state index in [1.54, 1.807) is 0 Å². The number of amides is 1. The van der Waals surface area contributed by atoms with Gasteiger partial charge in [-0.05, 0) is 85.2 Å². The largest absolute Gasteiger partial charge is 0.339 e. The Balaban J connectivity index is 1.29. The zero-order valence-electron chi connectivity index (χ0n) is 15.3. The minimum absolute atomic E-state index is 0.266. The van der Waals surface area contributed by atoms with E-state index in [0.29, 0.717) is 23.3 Å². The van der Waals surface area contributed by atoms with E-state index in [2.05, 4.69) is 36.1 Å². The number of carbonyl (C=O) groups excluding carboxylic acids is 1. The molecule has 1 aliphatic heterocycles. The van der Waals surface area contributed by atoms with Gasteiger partial charge in [0.25, 0.3) is 0 Å². The first-order chi connectivity index (χ1) is 12.1. The van der Waals surface area contributed by atoms with Gasteiger partial charge >= 0.3 is 0 Å². The van der Waals surface area contributed by atoms with E-state index >= 15 is 0 Å². The number of likely N-dealkylation sites (tertiary alicyclic amines) is 1. The topological polar surface area (TPSA) is 20.3 Å². The van der Waals surface area contributed by atoms with E-state index < -0.39 is 0 Å². The highest BCUT2D eigenvalue weighted by Crippen LogP contribution is 2.61. The van der Waals surface area contributed by atoms with Crippen molar-refractivity contribution in [2.75, 3.05) is 6.54 Å². The Morgan fingerprint density at radius 2 is 1.64 bits per heavy atom. The normalized spacial score (nSPS) is 47.1. The third kappa shape index (κ3) is 2.06. The quantitative estimate of drug-likeness (QED) is 0.757. The highest BCUT2D eigenvalue weighted by atomic mass is 16.2. The summed E-state index contributed by atoms with van der Waals surface area (Å²) >= 11 is 0. The molecule has 1 heterocycles. The number of hydrogen-bond donors (Lipinski definition) is 0. The lowest BCUT2D eigenvalue weighted by atomic mass is 9.48. The molecule has 25 heavy (non-hydrogen) atoms. The van der Waals surface area contributed by atoms with Crippen LogP contribution in [0, 0.1) is 35.0 Å². The molecule has 0 radical (unpaired) electrons. The van der Waals surface area contributed by atoms with E-state index in [0.717, 1.165) is 37.1 Å². The van der Waals surface area contributed by atoms with Gasteiger partial charge in [0.1, 0.15) is 0 Å². The van der Waals surface area contributed by atoms with Crippen LogP contribution in [0.5, 0.6) is 0 Å². The van der Waals surface area contributed by atoms with Gasteiger partial charge in [-0.1, -0.05) is 31.2 Å². The predicted molar refractivity (Wildman–Crippen MR) is 98.0 cm³/mol. The van der Waals surface area contributed by atoms with Gasteiger partial charge in [0.15, 0.2) is 0 Å². The smallest absolute Gasteiger partial charge is 0.226 e. The van der Waals surface area contributed by atoms with Crippen LogP contribution in [-0.2, 0) is 17.6 Å². The molecule has 7 atom stereocenters. The third-order valence-electron chi connectivity index (χ3n) is 8.53. The summed E-state index contributed by atoms with van der Waals surface area (Å²) in [4.78, 5) is 15.8. The fourth-order valence-corrected chi connectivity index (χ4v) is 8.00. The third-order valence-corrected chi connectivity index (χ3v) is 8.53. The predicted octanol–water partition coefficient (Wildman–Crippen LogP) is 4.07. The van der Waals surface area contributed by atoms with E-state index in [1.807, 2.05) is 0 Å². The molecule has 1 aromatic carbocycles. The summed E-state index contributed by atoms with van der Waals surface area (Å²) in [6.07, 6.45) is 9.12. The number of nitrogens with zero attached hydrogens (tertiary/aromatic N) is 1. The van der Waals surface area contributed by atoms with E-state index in [9.17, 15) is 4.79 Å². The molecule has 132 valence electrons. The Bertz CT molecular complexity index is 723. The van der Waals surface area contributed by atoms with Crippen LogP contribution in [-0.4, -0.2) is 23.4 Å². The van der Waals surface area contributed by atoms with Gasteiger partial charge in [0.05, 0.1) is 0 Å². The van der Waals surface area contributed by atoms with Crippen molar-refractivity contribution in [1.82, 2.24) is 4.90 Å². The lowest BCUT2D eigenvalue weighted by Gasteiger charge is -2.61. The molecule has 1 aromatic rings. The average Bonchev–Trinajstić information content (AvgIpc) is 2.87. The summed E-state index contributed by atoms with van der Waals surface area (Å²) in [5.74, 6) is 3.88. The highest BCUT2D eigenvalue weighted by Gasteiger charge is 2.57. The number of carbonyl (C=O) groups is 1.